The van der Waals surface area contributed by atoms with Crippen LogP contribution < -0.4 is 0 Å². The van der Waals surface area contributed by atoms with E-state index in [1.807, 2.05) is 14.7 Å². The molecule has 4 heterocycles. The first kappa shape index (κ1) is 142. The molecule has 31 nitrogen and oxygen atoms in total. The summed E-state index contributed by atoms with van der Waals surface area (Å²) in [4.78, 5) is 70.7. The molecule has 0 aromatic carbocycles. The highest BCUT2D eigenvalue weighted by Crippen LogP contribution is 2.40. The molecule has 0 aromatic heterocycles. The molecule has 4 fully saturated rings. The van der Waals surface area contributed by atoms with Crippen LogP contribution >= 0.6 is 0 Å². The van der Waals surface area contributed by atoms with Gasteiger partial charge in [-0.3, -0.25) is 33.9 Å². The van der Waals surface area contributed by atoms with Crippen LogP contribution in [0, 0.1) is 5.92 Å². The summed E-state index contributed by atoms with van der Waals surface area (Å²) >= 11 is 0. The molecule has 4 aliphatic rings. The SMILES string of the molecule is CCCCCC(C(O)CC(C(O)CCCCCCCC(=O)N(CCO)CCO)N(CCO)CCO)N(CCO)CCO.CCCCCCCCC(O)C(CCCCCCCC(=O)N(CCO)CCO)N(CCO)CCO.CCCCCCCCC1OC1CCCCCCCOOCC(CC(=O)CCCCCCCC1OC1CCCCCCCC)CC(=O)CCCCCCCC1OC1CC1OC1CCCCC.OCC(O)CO. The zero-order valence-corrected chi connectivity index (χ0v) is 94.1. The molecule has 31 heteroatoms. The summed E-state index contributed by atoms with van der Waals surface area (Å²) in [7, 11) is 0. The quantitative estimate of drug-likeness (QED) is 0.0116. The average Bonchev–Trinajstić information content (AvgIpc) is 1.66. The summed E-state index contributed by atoms with van der Waals surface area (Å²) in [6.07, 6.45) is 71.0. The Kier molecular flexibility index (Phi) is 98.0. The third kappa shape index (κ3) is 79.0. The maximum absolute atomic E-state index is 13.1. The van der Waals surface area contributed by atoms with Gasteiger partial charge in [-0.15, -0.1) is 0 Å². The van der Waals surface area contributed by atoms with E-state index in [-0.39, 0.29) is 166 Å². The van der Waals surface area contributed by atoms with Gasteiger partial charge in [0.25, 0.3) is 0 Å². The lowest BCUT2D eigenvalue weighted by Crippen LogP contribution is -2.52. The Morgan fingerprint density at radius 2 is 0.503 bits per heavy atom. The van der Waals surface area contributed by atoms with Crippen molar-refractivity contribution in [2.75, 3.05) is 158 Å². The van der Waals surface area contributed by atoms with Gasteiger partial charge in [-0.25, -0.2) is 9.78 Å². The van der Waals surface area contributed by atoms with Gasteiger partial charge in [-0.05, 0) is 109 Å². The van der Waals surface area contributed by atoms with E-state index in [1.54, 1.807) is 0 Å². The second-order valence-corrected chi connectivity index (χ2v) is 42.8. The molecule has 0 bridgehead atoms. The van der Waals surface area contributed by atoms with E-state index in [9.17, 15) is 65.1 Å². The summed E-state index contributed by atoms with van der Waals surface area (Å²) in [5.41, 5.74) is 0. The Bertz CT molecular complexity index is 2850. The molecule has 4 saturated heterocycles. The van der Waals surface area contributed by atoms with Gasteiger partial charge in [-0.1, -0.05) is 317 Å². The van der Waals surface area contributed by atoms with Gasteiger partial charge >= 0.3 is 0 Å². The number of nitrogens with zero attached hydrogens (tertiary/aromatic N) is 5. The highest BCUT2D eigenvalue weighted by molar-refractivity contribution is 5.82. The summed E-state index contributed by atoms with van der Waals surface area (Å²) in [6, 6.07) is -0.842. The summed E-state index contributed by atoms with van der Waals surface area (Å²) in [5.74, 6) is 0.317. The van der Waals surface area contributed by atoms with E-state index in [2.05, 4.69) is 34.6 Å². The van der Waals surface area contributed by atoms with E-state index < -0.39 is 30.5 Å². The van der Waals surface area contributed by atoms with Crippen molar-refractivity contribution in [3.05, 3.63) is 0 Å². The second kappa shape index (κ2) is 101. The van der Waals surface area contributed by atoms with Crippen molar-refractivity contribution in [2.45, 2.75) is 556 Å². The van der Waals surface area contributed by atoms with Crippen LogP contribution in [0.5, 0.6) is 0 Å². The number of ketones is 2. The van der Waals surface area contributed by atoms with E-state index in [1.165, 1.54) is 215 Å². The minimum absolute atomic E-state index is 0.0118. The molecule has 15 atom stereocenters. The fraction of sp³-hybridized carbons (Fsp3) is 0.966. The topological polar surface area (TPSA) is 477 Å². The summed E-state index contributed by atoms with van der Waals surface area (Å²) < 4.78 is 23.7. The standard InChI is InChI=1S/C57H104O8.C30H63N3O9.C26H54N2O6.C3H8O3/c1-4-7-10-12-19-28-37-50-52(62-50)39-30-21-14-17-26-34-48(58)43-47(46-61-60-42-33-24-16-23-31-40-53-51(63-53)38-29-20-13-11-8-5-2)44-49(59)35-27-18-15-22-32-41-55-57(65-55)45-56-54(64-56)36-25-9-6-3;1-2-3-7-10-26(31(13-19-34)14-20-35)29(41)25-27(32(15-21-36)16-22-37)28(40)11-8-5-4-6-9-12-30(42)33(17-23-38)18-24-39;1-2-3-4-5-8-11-14-25(33)24(27(16-20-29)17-21-30)13-10-7-6-9-12-15-26(34)28(18-22-31)19-23-32;4-1-3(6)2-5/h47,50-57H,4-46H2,1-3H3;26-29,34-41H,2-25H2,1H3;24-25,29-33H,2-23H2,1H3;3-6H,1-2H2. The molecule has 15 unspecified atom stereocenters. The van der Waals surface area contributed by atoms with Crippen molar-refractivity contribution < 1.29 is 130 Å². The van der Waals surface area contributed by atoms with Crippen LogP contribution in [-0.2, 0) is 47.9 Å². The number of carbonyl (C=O) groups is 4. The molecule has 0 radical (unpaired) electrons. The monoisotopic (exact) mass is 2110 g/mol. The predicted molar refractivity (Wildman–Crippen MR) is 586 cm³/mol. The number of aliphatic hydroxyl groups is 16. The first-order valence-electron chi connectivity index (χ1n) is 60.4. The fourth-order valence-electron chi connectivity index (χ4n) is 20.7. The van der Waals surface area contributed by atoms with Crippen LogP contribution in [0.2, 0.25) is 0 Å². The number of hydrogen-bond donors (Lipinski definition) is 16. The molecule has 2 amide bonds. The number of epoxide rings is 4. The number of Topliss-reactive ketones (excluding diaryl/α,β-unsaturated/α-hetero) is 2. The van der Waals surface area contributed by atoms with Crippen molar-refractivity contribution in [3.8, 4) is 0 Å². The first-order chi connectivity index (χ1) is 71.7. The molecule has 874 valence electrons. The lowest BCUT2D eigenvalue weighted by atomic mass is 9.91. The van der Waals surface area contributed by atoms with E-state index in [0.29, 0.717) is 146 Å². The molecule has 0 spiro atoms. The van der Waals surface area contributed by atoms with Crippen LogP contribution in [0.25, 0.3) is 0 Å². The van der Waals surface area contributed by atoms with Crippen LogP contribution in [0.15, 0.2) is 0 Å². The van der Waals surface area contributed by atoms with E-state index >= 15 is 0 Å². The van der Waals surface area contributed by atoms with Gasteiger partial charge in [0.05, 0.1) is 160 Å². The normalized spacial score (nSPS) is 18.6. The van der Waals surface area contributed by atoms with Crippen molar-refractivity contribution >= 4 is 23.4 Å². The number of rotatable bonds is 108. The maximum atomic E-state index is 13.1. The molecular formula is C116H229N5O26. The Morgan fingerprint density at radius 3 is 0.830 bits per heavy atom. The van der Waals surface area contributed by atoms with Crippen molar-refractivity contribution in [3.63, 3.8) is 0 Å². The molecule has 4 rings (SSSR count). The number of unbranched alkanes of at least 4 members (excludes halogenated alkanes) is 39. The lowest BCUT2D eigenvalue weighted by Gasteiger charge is -2.40. The van der Waals surface area contributed by atoms with E-state index in [4.69, 9.17) is 64.5 Å². The molecule has 0 aromatic rings. The largest absolute Gasteiger partial charge is 0.395 e. The third-order valence-electron chi connectivity index (χ3n) is 29.9. The minimum atomic E-state index is -0.954. The second-order valence-electron chi connectivity index (χ2n) is 42.8. The zero-order valence-electron chi connectivity index (χ0n) is 94.1. The van der Waals surface area contributed by atoms with Crippen LogP contribution in [0.4, 0.5) is 0 Å². The fourth-order valence-corrected chi connectivity index (χ4v) is 20.7. The number of hydrogen-bond acceptors (Lipinski definition) is 29. The smallest absolute Gasteiger partial charge is 0.222 e. The Labute approximate surface area is 892 Å². The van der Waals surface area contributed by atoms with Crippen LogP contribution in [0.1, 0.15) is 465 Å². The van der Waals surface area contributed by atoms with Gasteiger partial charge in [0.1, 0.15) is 17.7 Å². The van der Waals surface area contributed by atoms with Gasteiger partial charge in [0.2, 0.25) is 11.8 Å². The number of aliphatic hydroxyl groups excluding tert-OH is 16. The van der Waals surface area contributed by atoms with Crippen molar-refractivity contribution in [1.82, 2.24) is 24.5 Å². The van der Waals surface area contributed by atoms with Gasteiger partial charge < -0.3 is 110 Å². The van der Waals surface area contributed by atoms with Crippen molar-refractivity contribution in [1.29, 1.82) is 0 Å². The minimum Gasteiger partial charge on any atom is -0.395 e. The highest BCUT2D eigenvalue weighted by Gasteiger charge is 2.48. The predicted octanol–water partition coefficient (Wildman–Crippen LogP) is 16.0. The van der Waals surface area contributed by atoms with Gasteiger partial charge in [0.15, 0.2) is 0 Å². The summed E-state index contributed by atoms with van der Waals surface area (Å²) in [6.45, 7) is 13.4. The van der Waals surface area contributed by atoms with E-state index in [0.717, 1.165) is 161 Å². The zero-order chi connectivity index (χ0) is 108. The highest BCUT2D eigenvalue weighted by atomic mass is 17.2. The van der Waals surface area contributed by atoms with Gasteiger partial charge in [0, 0.05) is 129 Å². The molecule has 16 N–H and O–H groups in total. The number of carbonyl (C=O) groups excluding carboxylic acids is 4. The lowest BCUT2D eigenvalue weighted by molar-refractivity contribution is -0.301. The maximum Gasteiger partial charge on any atom is 0.222 e. The Hall–Kier alpha value is -2.72. The third-order valence-corrected chi connectivity index (χ3v) is 29.9. The molecule has 0 aliphatic carbocycles. The molecular weight excluding hydrogens is 1880 g/mol. The molecule has 4 aliphatic heterocycles. The van der Waals surface area contributed by atoms with Crippen LogP contribution in [0.3, 0.4) is 0 Å². The summed E-state index contributed by atoms with van der Waals surface area (Å²) in [5, 5.41) is 151. The van der Waals surface area contributed by atoms with Gasteiger partial charge in [-0.2, -0.15) is 0 Å². The Balaban J connectivity index is 0.00000114. The number of amides is 2. The first-order valence-corrected chi connectivity index (χ1v) is 60.4. The number of ether oxygens (including phenoxy) is 4. The van der Waals surface area contributed by atoms with Crippen molar-refractivity contribution in [2.24, 2.45) is 5.92 Å². The van der Waals surface area contributed by atoms with Crippen LogP contribution in [-0.4, -0.2) is 379 Å². The molecule has 147 heavy (non-hydrogen) atoms. The average molecular weight is 2110 g/mol. The molecule has 0 saturated carbocycles. The Morgan fingerprint density at radius 1 is 0.259 bits per heavy atom.